The van der Waals surface area contributed by atoms with E-state index in [0.717, 1.165) is 19.5 Å². The summed E-state index contributed by atoms with van der Waals surface area (Å²) in [6.07, 6.45) is 0.795. The molecule has 0 fully saturated rings. The number of aliphatic hydroxyl groups is 1. The van der Waals surface area contributed by atoms with Crippen LogP contribution < -0.4 is 0 Å². The normalized spacial score (nSPS) is 13.0. The predicted molar refractivity (Wildman–Crippen MR) is 52.3 cm³/mol. The van der Waals surface area contributed by atoms with Crippen LogP contribution in [0.3, 0.4) is 0 Å². The Morgan fingerprint density at radius 1 is 1.00 bits per heavy atom. The molecule has 0 heterocycles. The van der Waals surface area contributed by atoms with Gasteiger partial charge in [-0.2, -0.15) is 0 Å². The zero-order valence-electron chi connectivity index (χ0n) is 8.96. The van der Waals surface area contributed by atoms with Crippen LogP contribution in [0.4, 0.5) is 0 Å². The predicted octanol–water partition coefficient (Wildman–Crippen LogP) is 0.251. The van der Waals surface area contributed by atoms with E-state index < -0.39 is 5.60 Å². The van der Waals surface area contributed by atoms with E-state index >= 15 is 0 Å². The molecule has 0 spiro atoms. The summed E-state index contributed by atoms with van der Waals surface area (Å²) in [6, 6.07) is 0. The molecule has 0 rings (SSSR count). The summed E-state index contributed by atoms with van der Waals surface area (Å²) in [4.78, 5) is 4.04. The SMILES string of the molecule is CCC(O)(CN(C)C)CN(C)C. The lowest BCUT2D eigenvalue weighted by molar-refractivity contribution is -0.00820. The molecule has 0 radical (unpaired) electrons. The highest BCUT2D eigenvalue weighted by Gasteiger charge is 2.25. The van der Waals surface area contributed by atoms with E-state index in [-0.39, 0.29) is 0 Å². The van der Waals surface area contributed by atoms with Crippen LogP contribution in [0.2, 0.25) is 0 Å². The number of hydrogen-bond donors (Lipinski definition) is 1. The Balaban J connectivity index is 4.04. The first-order valence-corrected chi connectivity index (χ1v) is 4.41. The van der Waals surface area contributed by atoms with Gasteiger partial charge in [-0.25, -0.2) is 0 Å². The van der Waals surface area contributed by atoms with Gasteiger partial charge in [0.15, 0.2) is 0 Å². The Bertz CT molecular complexity index is 114. The minimum Gasteiger partial charge on any atom is -0.387 e. The molecule has 3 nitrogen and oxygen atoms in total. The van der Waals surface area contributed by atoms with Gasteiger partial charge in [0, 0.05) is 13.1 Å². The Labute approximate surface area is 76.0 Å². The lowest BCUT2D eigenvalue weighted by Crippen LogP contribution is -2.47. The van der Waals surface area contributed by atoms with Crippen LogP contribution in [0.15, 0.2) is 0 Å². The fourth-order valence-corrected chi connectivity index (χ4v) is 1.45. The molecule has 0 saturated carbocycles. The van der Waals surface area contributed by atoms with Crippen molar-refractivity contribution in [2.75, 3.05) is 41.3 Å². The molecule has 0 bridgehead atoms. The number of rotatable bonds is 5. The van der Waals surface area contributed by atoms with Crippen molar-refractivity contribution >= 4 is 0 Å². The number of likely N-dealkylation sites (N-methyl/N-ethyl adjacent to an activating group) is 2. The van der Waals surface area contributed by atoms with Gasteiger partial charge in [-0.05, 0) is 34.6 Å². The third-order valence-corrected chi connectivity index (χ3v) is 1.88. The van der Waals surface area contributed by atoms with Gasteiger partial charge in [0.1, 0.15) is 0 Å². The van der Waals surface area contributed by atoms with Crippen molar-refractivity contribution in [3.8, 4) is 0 Å². The van der Waals surface area contributed by atoms with Crippen molar-refractivity contribution in [3.05, 3.63) is 0 Å². The zero-order valence-corrected chi connectivity index (χ0v) is 8.96. The quantitative estimate of drug-likeness (QED) is 0.647. The largest absolute Gasteiger partial charge is 0.387 e. The van der Waals surface area contributed by atoms with Gasteiger partial charge in [-0.1, -0.05) is 6.92 Å². The van der Waals surface area contributed by atoms with Gasteiger partial charge in [0.25, 0.3) is 0 Å². The summed E-state index contributed by atoms with van der Waals surface area (Å²) in [5.41, 5.74) is -0.562. The molecule has 3 heteroatoms. The molecule has 0 aromatic carbocycles. The van der Waals surface area contributed by atoms with Gasteiger partial charge in [-0.15, -0.1) is 0 Å². The lowest BCUT2D eigenvalue weighted by atomic mass is 10.00. The summed E-state index contributed by atoms with van der Waals surface area (Å²) in [7, 11) is 7.93. The minimum atomic E-state index is -0.562. The molecule has 0 aliphatic heterocycles. The second-order valence-corrected chi connectivity index (χ2v) is 4.05. The van der Waals surface area contributed by atoms with Crippen LogP contribution in [0.1, 0.15) is 13.3 Å². The molecule has 12 heavy (non-hydrogen) atoms. The van der Waals surface area contributed by atoms with Crippen molar-refractivity contribution in [1.29, 1.82) is 0 Å². The molecule has 1 N–H and O–H groups in total. The summed E-state index contributed by atoms with van der Waals surface area (Å²) in [6.45, 7) is 3.47. The van der Waals surface area contributed by atoms with Crippen LogP contribution in [0.5, 0.6) is 0 Å². The number of hydrogen-bond acceptors (Lipinski definition) is 3. The van der Waals surface area contributed by atoms with E-state index in [4.69, 9.17) is 0 Å². The highest BCUT2D eigenvalue weighted by Crippen LogP contribution is 2.11. The van der Waals surface area contributed by atoms with Crippen molar-refractivity contribution < 1.29 is 5.11 Å². The zero-order chi connectivity index (χ0) is 9.78. The Kier molecular flexibility index (Phi) is 4.75. The van der Waals surface area contributed by atoms with Gasteiger partial charge in [0.2, 0.25) is 0 Å². The van der Waals surface area contributed by atoms with E-state index in [0.29, 0.717) is 0 Å². The molecule has 0 atom stereocenters. The van der Waals surface area contributed by atoms with Crippen LogP contribution in [0, 0.1) is 0 Å². The molecule has 0 aliphatic carbocycles. The average molecular weight is 174 g/mol. The molecular formula is C9H22N2O. The van der Waals surface area contributed by atoms with E-state index in [1.54, 1.807) is 0 Å². The van der Waals surface area contributed by atoms with Gasteiger partial charge in [-0.3, -0.25) is 0 Å². The first-order valence-electron chi connectivity index (χ1n) is 4.41. The van der Waals surface area contributed by atoms with E-state index in [1.165, 1.54) is 0 Å². The van der Waals surface area contributed by atoms with E-state index in [2.05, 4.69) is 0 Å². The Hall–Kier alpha value is -0.120. The second-order valence-electron chi connectivity index (χ2n) is 4.05. The van der Waals surface area contributed by atoms with Crippen LogP contribution >= 0.6 is 0 Å². The molecule has 0 aromatic rings. The van der Waals surface area contributed by atoms with E-state index in [1.807, 2.05) is 44.9 Å². The standard InChI is InChI=1S/C9H22N2O/c1-6-9(12,7-10(2)3)8-11(4)5/h12H,6-8H2,1-5H3. The molecule has 0 saturated heterocycles. The molecule has 0 unspecified atom stereocenters. The monoisotopic (exact) mass is 174 g/mol. The van der Waals surface area contributed by atoms with Gasteiger partial charge in [0.05, 0.1) is 5.60 Å². The molecule has 0 amide bonds. The topological polar surface area (TPSA) is 26.7 Å². The van der Waals surface area contributed by atoms with Crippen molar-refractivity contribution in [2.45, 2.75) is 18.9 Å². The average Bonchev–Trinajstić information content (AvgIpc) is 1.83. The van der Waals surface area contributed by atoms with Crippen molar-refractivity contribution in [1.82, 2.24) is 9.80 Å². The second kappa shape index (κ2) is 4.80. The lowest BCUT2D eigenvalue weighted by Gasteiger charge is -2.32. The van der Waals surface area contributed by atoms with Crippen molar-refractivity contribution in [3.63, 3.8) is 0 Å². The first-order chi connectivity index (χ1) is 5.39. The van der Waals surface area contributed by atoms with E-state index in [9.17, 15) is 5.11 Å². The fraction of sp³-hybridized carbons (Fsp3) is 1.00. The highest BCUT2D eigenvalue weighted by atomic mass is 16.3. The third-order valence-electron chi connectivity index (χ3n) is 1.88. The summed E-state index contributed by atoms with van der Waals surface area (Å²) < 4.78 is 0. The maximum atomic E-state index is 10.1. The molecule has 74 valence electrons. The molecule has 0 aromatic heterocycles. The Morgan fingerprint density at radius 2 is 1.33 bits per heavy atom. The highest BCUT2D eigenvalue weighted by molar-refractivity contribution is 4.81. The smallest absolute Gasteiger partial charge is 0.0897 e. The first kappa shape index (κ1) is 11.9. The maximum absolute atomic E-state index is 10.1. The van der Waals surface area contributed by atoms with Gasteiger partial charge < -0.3 is 14.9 Å². The fourth-order valence-electron chi connectivity index (χ4n) is 1.45. The third kappa shape index (κ3) is 4.70. The molecule has 0 aliphatic rings. The van der Waals surface area contributed by atoms with Crippen LogP contribution in [-0.4, -0.2) is 61.8 Å². The summed E-state index contributed by atoms with van der Waals surface area (Å²) in [5, 5.41) is 10.1. The summed E-state index contributed by atoms with van der Waals surface area (Å²) in [5.74, 6) is 0. The van der Waals surface area contributed by atoms with Gasteiger partial charge >= 0.3 is 0 Å². The minimum absolute atomic E-state index is 0.562. The maximum Gasteiger partial charge on any atom is 0.0897 e. The Morgan fingerprint density at radius 3 is 1.50 bits per heavy atom. The number of nitrogens with zero attached hydrogens (tertiary/aromatic N) is 2. The van der Waals surface area contributed by atoms with Crippen LogP contribution in [0.25, 0.3) is 0 Å². The van der Waals surface area contributed by atoms with Crippen molar-refractivity contribution in [2.24, 2.45) is 0 Å². The molecular weight excluding hydrogens is 152 g/mol. The summed E-state index contributed by atoms with van der Waals surface area (Å²) >= 11 is 0. The van der Waals surface area contributed by atoms with Crippen LogP contribution in [-0.2, 0) is 0 Å².